The molecule has 2 rings (SSSR count). The van der Waals surface area contributed by atoms with Crippen LogP contribution in [0.4, 0.5) is 5.69 Å². The minimum absolute atomic E-state index is 0.127. The zero-order chi connectivity index (χ0) is 12.5. The fourth-order valence-electron chi connectivity index (χ4n) is 1.88. The topological polar surface area (TPSA) is 63.7 Å². The van der Waals surface area contributed by atoms with Crippen molar-refractivity contribution in [1.82, 2.24) is 0 Å². The van der Waals surface area contributed by atoms with Crippen LogP contribution in [0.1, 0.15) is 16.8 Å². The number of carbonyl (C=O) groups is 1. The van der Waals surface area contributed by atoms with E-state index < -0.39 is 16.0 Å². The molecule has 92 valence electrons. The Morgan fingerprint density at radius 1 is 1.35 bits per heavy atom. The Labute approximate surface area is 100 Å². The van der Waals surface area contributed by atoms with Gasteiger partial charge in [-0.1, -0.05) is 12.1 Å². The van der Waals surface area contributed by atoms with E-state index in [9.17, 15) is 13.2 Å². The Morgan fingerprint density at radius 3 is 2.65 bits per heavy atom. The lowest BCUT2D eigenvalue weighted by molar-refractivity contribution is 0.0601. The average molecular weight is 255 g/mol. The summed E-state index contributed by atoms with van der Waals surface area (Å²) in [6, 6.07) is 6.57. The van der Waals surface area contributed by atoms with E-state index in [1.54, 1.807) is 24.3 Å². The summed E-state index contributed by atoms with van der Waals surface area (Å²) in [5, 5.41) is 0. The molecule has 1 saturated heterocycles. The number of esters is 1. The molecule has 1 heterocycles. The first-order valence-corrected chi connectivity index (χ1v) is 6.85. The van der Waals surface area contributed by atoms with Gasteiger partial charge in [-0.25, -0.2) is 13.2 Å². The number of rotatable bonds is 2. The predicted molar refractivity (Wildman–Crippen MR) is 63.5 cm³/mol. The maximum atomic E-state index is 11.8. The summed E-state index contributed by atoms with van der Waals surface area (Å²) >= 11 is 0. The van der Waals surface area contributed by atoms with E-state index in [2.05, 4.69) is 4.74 Å². The van der Waals surface area contributed by atoms with E-state index in [4.69, 9.17) is 0 Å². The molecule has 6 heteroatoms. The third-order valence-corrected chi connectivity index (χ3v) is 4.53. The van der Waals surface area contributed by atoms with Crippen molar-refractivity contribution in [3.63, 3.8) is 0 Å². The van der Waals surface area contributed by atoms with Gasteiger partial charge in [0.15, 0.2) is 0 Å². The number of hydrogen-bond acceptors (Lipinski definition) is 4. The van der Waals surface area contributed by atoms with E-state index >= 15 is 0 Å². The number of benzene rings is 1. The molecule has 0 bridgehead atoms. The molecule has 0 N–H and O–H groups in total. The fraction of sp³-hybridized carbons (Fsp3) is 0.364. The van der Waals surface area contributed by atoms with Crippen molar-refractivity contribution in [2.24, 2.45) is 0 Å². The van der Waals surface area contributed by atoms with E-state index in [1.807, 2.05) is 0 Å². The summed E-state index contributed by atoms with van der Waals surface area (Å²) < 4.78 is 29.5. The monoisotopic (exact) mass is 255 g/mol. The van der Waals surface area contributed by atoms with Crippen LogP contribution in [0.2, 0.25) is 0 Å². The standard InChI is InChI=1S/C11H13NO4S/c1-16-11(13)9-5-2-3-6-10(9)12-7-4-8-17(12,14)15/h2-3,5-6H,4,7-8H2,1H3. The molecule has 1 aliphatic heterocycles. The molecule has 0 aromatic heterocycles. The maximum absolute atomic E-state index is 11.8. The summed E-state index contributed by atoms with van der Waals surface area (Å²) in [5.41, 5.74) is 0.678. The van der Waals surface area contributed by atoms with Gasteiger partial charge in [-0.05, 0) is 18.6 Å². The van der Waals surface area contributed by atoms with E-state index in [1.165, 1.54) is 11.4 Å². The molecule has 1 aliphatic rings. The van der Waals surface area contributed by atoms with Crippen molar-refractivity contribution in [3.05, 3.63) is 29.8 Å². The van der Waals surface area contributed by atoms with Crippen LogP contribution in [0.25, 0.3) is 0 Å². The van der Waals surface area contributed by atoms with Crippen LogP contribution in [0.15, 0.2) is 24.3 Å². The Balaban J connectivity index is 2.49. The molecule has 1 aromatic carbocycles. The summed E-state index contributed by atoms with van der Waals surface area (Å²) in [6.07, 6.45) is 0.581. The third-order valence-electron chi connectivity index (χ3n) is 2.68. The van der Waals surface area contributed by atoms with Crippen molar-refractivity contribution < 1.29 is 17.9 Å². The molecule has 1 aromatic rings. The van der Waals surface area contributed by atoms with Crippen molar-refractivity contribution >= 4 is 21.7 Å². The first-order valence-electron chi connectivity index (χ1n) is 5.24. The van der Waals surface area contributed by atoms with Gasteiger partial charge in [0.25, 0.3) is 0 Å². The fourth-order valence-corrected chi connectivity index (χ4v) is 3.46. The van der Waals surface area contributed by atoms with Gasteiger partial charge in [0.05, 0.1) is 24.1 Å². The number of para-hydroxylation sites is 1. The molecular weight excluding hydrogens is 242 g/mol. The molecule has 0 radical (unpaired) electrons. The zero-order valence-electron chi connectivity index (χ0n) is 9.42. The molecule has 0 spiro atoms. The molecule has 5 nitrogen and oxygen atoms in total. The van der Waals surface area contributed by atoms with Crippen molar-refractivity contribution in [2.75, 3.05) is 23.7 Å². The number of nitrogens with zero attached hydrogens (tertiary/aromatic N) is 1. The number of ether oxygens (including phenoxy) is 1. The van der Waals surface area contributed by atoms with Crippen LogP contribution in [0.3, 0.4) is 0 Å². The minimum atomic E-state index is -3.28. The lowest BCUT2D eigenvalue weighted by Gasteiger charge is -2.19. The second-order valence-electron chi connectivity index (χ2n) is 3.75. The van der Waals surface area contributed by atoms with Gasteiger partial charge in [-0.3, -0.25) is 4.31 Å². The van der Waals surface area contributed by atoms with Crippen LogP contribution >= 0.6 is 0 Å². The molecule has 0 amide bonds. The number of carbonyl (C=O) groups excluding carboxylic acids is 1. The predicted octanol–water partition coefficient (Wildman–Crippen LogP) is 1.01. The smallest absolute Gasteiger partial charge is 0.340 e. The average Bonchev–Trinajstić information content (AvgIpc) is 2.68. The van der Waals surface area contributed by atoms with E-state index in [-0.39, 0.29) is 11.3 Å². The Hall–Kier alpha value is -1.56. The molecule has 17 heavy (non-hydrogen) atoms. The van der Waals surface area contributed by atoms with Gasteiger partial charge in [-0.2, -0.15) is 0 Å². The Kier molecular flexibility index (Phi) is 3.06. The van der Waals surface area contributed by atoms with Crippen LogP contribution in [0, 0.1) is 0 Å². The molecule has 0 saturated carbocycles. The lowest BCUT2D eigenvalue weighted by Crippen LogP contribution is -2.27. The largest absolute Gasteiger partial charge is 0.465 e. The Morgan fingerprint density at radius 2 is 2.06 bits per heavy atom. The van der Waals surface area contributed by atoms with Gasteiger partial charge in [0.2, 0.25) is 10.0 Å². The minimum Gasteiger partial charge on any atom is -0.465 e. The number of anilines is 1. The van der Waals surface area contributed by atoms with Gasteiger partial charge in [0.1, 0.15) is 0 Å². The summed E-state index contributed by atoms with van der Waals surface area (Å²) in [7, 11) is -2.00. The molecule has 1 fully saturated rings. The first-order chi connectivity index (χ1) is 8.06. The summed E-state index contributed by atoms with van der Waals surface area (Å²) in [6.45, 7) is 0.413. The van der Waals surface area contributed by atoms with Crippen molar-refractivity contribution in [1.29, 1.82) is 0 Å². The first kappa shape index (κ1) is 11.9. The molecule has 0 aliphatic carbocycles. The summed E-state index contributed by atoms with van der Waals surface area (Å²) in [5.74, 6) is -0.398. The van der Waals surface area contributed by atoms with Crippen LogP contribution in [-0.4, -0.2) is 33.8 Å². The summed E-state index contributed by atoms with van der Waals surface area (Å²) in [4.78, 5) is 11.6. The normalized spacial score (nSPS) is 18.1. The highest BCUT2D eigenvalue weighted by atomic mass is 32.2. The Bertz CT molecular complexity index is 538. The number of sulfonamides is 1. The van der Waals surface area contributed by atoms with Gasteiger partial charge >= 0.3 is 5.97 Å². The van der Waals surface area contributed by atoms with Crippen molar-refractivity contribution in [2.45, 2.75) is 6.42 Å². The van der Waals surface area contributed by atoms with Gasteiger partial charge in [-0.15, -0.1) is 0 Å². The van der Waals surface area contributed by atoms with E-state index in [0.717, 1.165) is 0 Å². The highest BCUT2D eigenvalue weighted by Gasteiger charge is 2.31. The van der Waals surface area contributed by atoms with Crippen molar-refractivity contribution in [3.8, 4) is 0 Å². The quantitative estimate of drug-likeness (QED) is 0.740. The molecular formula is C11H13NO4S. The maximum Gasteiger partial charge on any atom is 0.340 e. The second-order valence-corrected chi connectivity index (χ2v) is 5.76. The van der Waals surface area contributed by atoms with Crippen LogP contribution in [-0.2, 0) is 14.8 Å². The third kappa shape index (κ3) is 2.12. The van der Waals surface area contributed by atoms with Crippen LogP contribution < -0.4 is 4.31 Å². The second kappa shape index (κ2) is 4.37. The number of methoxy groups -OCH3 is 1. The van der Waals surface area contributed by atoms with Gasteiger partial charge < -0.3 is 4.74 Å². The number of hydrogen-bond donors (Lipinski definition) is 0. The lowest BCUT2D eigenvalue weighted by atomic mass is 10.2. The zero-order valence-corrected chi connectivity index (χ0v) is 10.2. The van der Waals surface area contributed by atoms with Gasteiger partial charge in [0, 0.05) is 6.54 Å². The highest BCUT2D eigenvalue weighted by Crippen LogP contribution is 2.27. The molecule has 0 unspecified atom stereocenters. The molecule has 0 atom stereocenters. The SMILES string of the molecule is COC(=O)c1ccccc1N1CCCS1(=O)=O. The van der Waals surface area contributed by atoms with E-state index in [0.29, 0.717) is 18.7 Å². The highest BCUT2D eigenvalue weighted by molar-refractivity contribution is 7.93. The van der Waals surface area contributed by atoms with Crippen LogP contribution in [0.5, 0.6) is 0 Å².